The van der Waals surface area contributed by atoms with E-state index in [4.69, 9.17) is 4.42 Å². The Kier molecular flexibility index (Phi) is 6.36. The van der Waals surface area contributed by atoms with Crippen LogP contribution in [0.2, 0.25) is 0 Å². The maximum atomic E-state index is 15.0. The van der Waals surface area contributed by atoms with E-state index in [9.17, 15) is 9.59 Å². The summed E-state index contributed by atoms with van der Waals surface area (Å²) < 4.78 is 21.8. The molecule has 3 heterocycles. The Labute approximate surface area is 203 Å². The van der Waals surface area contributed by atoms with Crippen molar-refractivity contribution in [2.75, 3.05) is 4.90 Å². The molecule has 1 atom stereocenters. The quantitative estimate of drug-likeness (QED) is 0.351. The summed E-state index contributed by atoms with van der Waals surface area (Å²) in [5.74, 6) is -1.05. The van der Waals surface area contributed by atoms with E-state index >= 15 is 4.39 Å². The predicted octanol–water partition coefficient (Wildman–Crippen LogP) is 4.32. The molecule has 0 radical (unpaired) electrons. The zero-order chi connectivity index (χ0) is 24.2. The van der Waals surface area contributed by atoms with Crippen molar-refractivity contribution in [1.29, 1.82) is 0 Å². The van der Waals surface area contributed by atoms with E-state index < -0.39 is 23.7 Å². The van der Waals surface area contributed by atoms with E-state index in [2.05, 4.69) is 15.6 Å². The molecule has 0 aliphatic rings. The van der Waals surface area contributed by atoms with Crippen LogP contribution in [0.1, 0.15) is 16.7 Å². The van der Waals surface area contributed by atoms with E-state index in [1.54, 1.807) is 47.8 Å². The van der Waals surface area contributed by atoms with E-state index in [0.29, 0.717) is 21.7 Å². The number of anilines is 1. The number of nitrogens with one attached hydrogen (secondary N) is 1. The van der Waals surface area contributed by atoms with Gasteiger partial charge in [-0.25, -0.2) is 9.07 Å². The van der Waals surface area contributed by atoms with Gasteiger partial charge in [-0.1, -0.05) is 35.5 Å². The Morgan fingerprint density at radius 2 is 1.89 bits per heavy atom. The van der Waals surface area contributed by atoms with Crippen LogP contribution in [0.5, 0.6) is 0 Å². The lowest BCUT2D eigenvalue weighted by Crippen LogP contribution is -2.45. The van der Waals surface area contributed by atoms with Crippen molar-refractivity contribution in [2.45, 2.75) is 19.1 Å². The van der Waals surface area contributed by atoms with Crippen molar-refractivity contribution in [3.63, 3.8) is 0 Å². The summed E-state index contributed by atoms with van der Waals surface area (Å²) in [6.45, 7) is -0.108. The minimum Gasteiger partial charge on any atom is -0.467 e. The average molecular weight is 490 g/mol. The third-order valence-electron chi connectivity index (χ3n) is 5.42. The number of halogens is 1. The van der Waals surface area contributed by atoms with Crippen LogP contribution < -0.4 is 10.2 Å². The fourth-order valence-corrected chi connectivity index (χ4v) is 4.62. The fourth-order valence-electron chi connectivity index (χ4n) is 3.81. The summed E-state index contributed by atoms with van der Waals surface area (Å²) in [5, 5.41) is 12.8. The number of furan rings is 1. The highest BCUT2D eigenvalue weighted by atomic mass is 32.1. The lowest BCUT2D eigenvalue weighted by Gasteiger charge is -2.30. The molecular formula is C25H20FN5O3S. The Balaban J connectivity index is 1.53. The van der Waals surface area contributed by atoms with Gasteiger partial charge in [0, 0.05) is 4.88 Å². The molecule has 10 heteroatoms. The molecule has 0 spiro atoms. The Hall–Kier alpha value is -4.31. The molecule has 176 valence electrons. The zero-order valence-corrected chi connectivity index (χ0v) is 19.2. The molecule has 8 nitrogen and oxygen atoms in total. The van der Waals surface area contributed by atoms with E-state index in [0.717, 1.165) is 0 Å². The number of hydrogen-bond donors (Lipinski definition) is 1. The number of benzene rings is 2. The summed E-state index contributed by atoms with van der Waals surface area (Å²) in [6.07, 6.45) is 1.51. The molecule has 35 heavy (non-hydrogen) atoms. The van der Waals surface area contributed by atoms with Crippen LogP contribution in [0.3, 0.4) is 0 Å². The summed E-state index contributed by atoms with van der Waals surface area (Å²) in [7, 11) is 0. The number of carbonyl (C=O) groups excluding carboxylic acids is 2. The molecule has 2 aromatic carbocycles. The number of aromatic nitrogens is 3. The summed E-state index contributed by atoms with van der Waals surface area (Å²) >= 11 is 1.30. The van der Waals surface area contributed by atoms with Gasteiger partial charge in [0.2, 0.25) is 11.8 Å². The van der Waals surface area contributed by atoms with Crippen molar-refractivity contribution >= 4 is 39.9 Å². The van der Waals surface area contributed by atoms with Gasteiger partial charge in [-0.15, -0.1) is 16.4 Å². The van der Waals surface area contributed by atoms with E-state index in [1.165, 1.54) is 45.4 Å². The largest absolute Gasteiger partial charge is 0.467 e. The number of nitrogens with zero attached hydrogens (tertiary/aromatic N) is 4. The van der Waals surface area contributed by atoms with Gasteiger partial charge in [-0.3, -0.25) is 14.5 Å². The number of para-hydroxylation sites is 2. The minimum atomic E-state index is -1.11. The fraction of sp³-hybridized carbons (Fsp3) is 0.120. The first-order chi connectivity index (χ1) is 17.1. The van der Waals surface area contributed by atoms with Gasteiger partial charge in [0.25, 0.3) is 0 Å². The van der Waals surface area contributed by atoms with Gasteiger partial charge in [0.1, 0.15) is 29.7 Å². The molecule has 5 rings (SSSR count). The Morgan fingerprint density at radius 3 is 2.66 bits per heavy atom. The maximum absolute atomic E-state index is 15.0. The molecule has 0 aliphatic heterocycles. The van der Waals surface area contributed by atoms with E-state index in [-0.39, 0.29) is 18.8 Å². The smallest absolute Gasteiger partial charge is 0.249 e. The molecule has 0 saturated heterocycles. The van der Waals surface area contributed by atoms with Gasteiger partial charge in [-0.05, 0) is 47.8 Å². The summed E-state index contributed by atoms with van der Waals surface area (Å²) in [5.41, 5.74) is 1.28. The van der Waals surface area contributed by atoms with Gasteiger partial charge >= 0.3 is 0 Å². The first kappa shape index (κ1) is 22.5. The van der Waals surface area contributed by atoms with Gasteiger partial charge in [-0.2, -0.15) is 0 Å². The minimum absolute atomic E-state index is 0.00605. The van der Waals surface area contributed by atoms with E-state index in [1.807, 2.05) is 12.1 Å². The van der Waals surface area contributed by atoms with Crippen LogP contribution in [0.25, 0.3) is 11.0 Å². The van der Waals surface area contributed by atoms with Crippen LogP contribution in [-0.2, 0) is 22.7 Å². The number of amides is 2. The van der Waals surface area contributed by atoms with Crippen molar-refractivity contribution in [2.24, 2.45) is 0 Å². The molecule has 1 N–H and O–H groups in total. The second kappa shape index (κ2) is 9.90. The zero-order valence-electron chi connectivity index (χ0n) is 18.4. The standard InChI is InChI=1S/C25H20FN5O3S/c26-18-8-1-3-10-20(18)31(23(32)16-30-21-11-4-2-9-19(21)28-29-30)24(22-12-6-14-35-22)25(33)27-15-17-7-5-13-34-17/h1-14,24H,15-16H2,(H,27,33). The molecular weight excluding hydrogens is 469 g/mol. The van der Waals surface area contributed by atoms with Crippen molar-refractivity contribution < 1.29 is 18.4 Å². The number of thiophene rings is 1. The highest BCUT2D eigenvalue weighted by molar-refractivity contribution is 7.10. The number of fused-ring (bicyclic) bond motifs is 1. The molecule has 0 aliphatic carbocycles. The van der Waals surface area contributed by atoms with Crippen LogP contribution in [-0.4, -0.2) is 26.8 Å². The van der Waals surface area contributed by atoms with Crippen LogP contribution in [0.15, 0.2) is 88.9 Å². The van der Waals surface area contributed by atoms with Crippen molar-refractivity contribution in [3.05, 3.63) is 101 Å². The van der Waals surface area contributed by atoms with Gasteiger partial charge in [0.15, 0.2) is 0 Å². The Bertz CT molecular complexity index is 1450. The van der Waals surface area contributed by atoms with Crippen LogP contribution in [0, 0.1) is 5.82 Å². The van der Waals surface area contributed by atoms with Gasteiger partial charge < -0.3 is 9.73 Å². The topological polar surface area (TPSA) is 93.3 Å². The lowest BCUT2D eigenvalue weighted by molar-refractivity contribution is -0.127. The van der Waals surface area contributed by atoms with Crippen LogP contribution in [0.4, 0.5) is 10.1 Å². The highest BCUT2D eigenvalue weighted by Gasteiger charge is 2.35. The predicted molar refractivity (Wildman–Crippen MR) is 129 cm³/mol. The second-order valence-electron chi connectivity index (χ2n) is 7.67. The normalized spacial score (nSPS) is 11.9. The second-order valence-corrected chi connectivity index (χ2v) is 8.65. The molecule has 2 amide bonds. The average Bonchev–Trinajstić information content (AvgIpc) is 3.64. The SMILES string of the molecule is O=C(NCc1ccco1)C(c1cccs1)N(C(=O)Cn1nnc2ccccc21)c1ccccc1F. The molecule has 1 unspecified atom stereocenters. The maximum Gasteiger partial charge on any atom is 0.249 e. The molecule has 5 aromatic rings. The van der Waals surface area contributed by atoms with Crippen molar-refractivity contribution in [3.8, 4) is 0 Å². The van der Waals surface area contributed by atoms with Crippen LogP contribution >= 0.6 is 11.3 Å². The monoisotopic (exact) mass is 489 g/mol. The summed E-state index contributed by atoms with van der Waals surface area (Å²) in [6, 6.07) is 19.0. The molecule has 3 aromatic heterocycles. The first-order valence-corrected chi connectivity index (χ1v) is 11.7. The molecule has 0 saturated carbocycles. The summed E-state index contributed by atoms with van der Waals surface area (Å²) in [4.78, 5) is 29.0. The molecule has 0 bridgehead atoms. The van der Waals surface area contributed by atoms with Gasteiger partial charge in [0.05, 0.1) is 24.0 Å². The third kappa shape index (κ3) is 4.69. The third-order valence-corrected chi connectivity index (χ3v) is 6.35. The first-order valence-electron chi connectivity index (χ1n) is 10.8. The lowest BCUT2D eigenvalue weighted by atomic mass is 10.1. The number of rotatable bonds is 8. The number of carbonyl (C=O) groups is 2. The Morgan fingerprint density at radius 1 is 1.06 bits per heavy atom. The highest BCUT2D eigenvalue weighted by Crippen LogP contribution is 2.32. The van der Waals surface area contributed by atoms with Crippen molar-refractivity contribution in [1.82, 2.24) is 20.3 Å². The molecule has 0 fully saturated rings. The number of hydrogen-bond acceptors (Lipinski definition) is 6.